The van der Waals surface area contributed by atoms with E-state index in [1.807, 2.05) is 26.8 Å². The average Bonchev–Trinajstić information content (AvgIpc) is 3.07. The summed E-state index contributed by atoms with van der Waals surface area (Å²) in [6.07, 6.45) is 4.40. The van der Waals surface area contributed by atoms with Crippen molar-refractivity contribution < 1.29 is 13.9 Å². The third-order valence-electron chi connectivity index (χ3n) is 3.82. The molecule has 6 nitrogen and oxygen atoms in total. The van der Waals surface area contributed by atoms with Crippen LogP contribution in [0.15, 0.2) is 29.1 Å². The van der Waals surface area contributed by atoms with Crippen LogP contribution in [0, 0.1) is 5.92 Å². The third kappa shape index (κ3) is 4.14. The van der Waals surface area contributed by atoms with Crippen LogP contribution in [0.25, 0.3) is 11.3 Å². The Morgan fingerprint density at radius 2 is 2.17 bits per heavy atom. The highest BCUT2D eigenvalue weighted by Gasteiger charge is 2.19. The number of oxazole rings is 1. The van der Waals surface area contributed by atoms with E-state index in [-0.39, 0.29) is 5.91 Å². The highest BCUT2D eigenvalue weighted by molar-refractivity contribution is 5.96. The maximum atomic E-state index is 12.3. The number of nitrogens with zero attached hydrogens (tertiary/aromatic N) is 1. The van der Waals surface area contributed by atoms with Gasteiger partial charge in [0, 0.05) is 11.8 Å². The molecular weight excluding hydrogens is 306 g/mol. The van der Waals surface area contributed by atoms with Crippen molar-refractivity contribution in [1.29, 1.82) is 0 Å². The number of rotatable bonds is 7. The molecule has 1 heterocycles. The lowest BCUT2D eigenvalue weighted by Crippen LogP contribution is -2.36. The highest BCUT2D eigenvalue weighted by Crippen LogP contribution is 2.35. The first kappa shape index (κ1) is 18.0. The Balaban J connectivity index is 2.32. The molecule has 0 bridgehead atoms. The number of amides is 1. The Labute approximate surface area is 142 Å². The zero-order chi connectivity index (χ0) is 17.7. The molecule has 1 amide bonds. The van der Waals surface area contributed by atoms with Crippen molar-refractivity contribution >= 4 is 11.6 Å². The molecule has 0 aliphatic carbocycles. The summed E-state index contributed by atoms with van der Waals surface area (Å²) in [4.78, 5) is 16.3. The summed E-state index contributed by atoms with van der Waals surface area (Å²) in [5.74, 6) is 1.40. The summed E-state index contributed by atoms with van der Waals surface area (Å²) >= 11 is 0. The van der Waals surface area contributed by atoms with Gasteiger partial charge in [-0.15, -0.1) is 0 Å². The number of carbonyl (C=O) groups excluding carboxylic acids is 1. The van der Waals surface area contributed by atoms with Gasteiger partial charge in [0.15, 0.2) is 12.2 Å². The van der Waals surface area contributed by atoms with Gasteiger partial charge < -0.3 is 20.2 Å². The standard InChI is InChI=1S/C18H25N3O3/c1-5-12-7-13(17-9-20-10-24-17)16(23-4)8-15(12)21-18(22)14(19)6-11(2)3/h7-11,14H,5-6,19H2,1-4H3,(H,21,22). The van der Waals surface area contributed by atoms with E-state index >= 15 is 0 Å². The molecule has 1 unspecified atom stereocenters. The van der Waals surface area contributed by atoms with E-state index in [0.717, 1.165) is 17.5 Å². The van der Waals surface area contributed by atoms with Gasteiger partial charge in [-0.3, -0.25) is 4.79 Å². The molecule has 1 aromatic heterocycles. The summed E-state index contributed by atoms with van der Waals surface area (Å²) in [7, 11) is 1.58. The molecule has 2 aromatic rings. The van der Waals surface area contributed by atoms with Crippen LogP contribution in [0.4, 0.5) is 5.69 Å². The van der Waals surface area contributed by atoms with Crippen LogP contribution in [0.1, 0.15) is 32.8 Å². The van der Waals surface area contributed by atoms with E-state index in [2.05, 4.69) is 10.3 Å². The smallest absolute Gasteiger partial charge is 0.241 e. The minimum absolute atomic E-state index is 0.187. The van der Waals surface area contributed by atoms with Crippen LogP contribution >= 0.6 is 0 Å². The fourth-order valence-electron chi connectivity index (χ4n) is 2.58. The Hall–Kier alpha value is -2.34. The molecule has 6 heteroatoms. The van der Waals surface area contributed by atoms with Gasteiger partial charge in [-0.25, -0.2) is 4.98 Å². The molecule has 2 rings (SSSR count). The molecular formula is C18H25N3O3. The predicted octanol–water partition coefficient (Wildman–Crippen LogP) is 3.22. The monoisotopic (exact) mass is 331 g/mol. The number of benzene rings is 1. The Bertz CT molecular complexity index is 681. The molecule has 0 spiro atoms. The minimum Gasteiger partial charge on any atom is -0.496 e. The van der Waals surface area contributed by atoms with Crippen molar-refractivity contribution in [3.63, 3.8) is 0 Å². The van der Waals surface area contributed by atoms with Gasteiger partial charge in [-0.1, -0.05) is 20.8 Å². The third-order valence-corrected chi connectivity index (χ3v) is 3.82. The van der Waals surface area contributed by atoms with E-state index < -0.39 is 6.04 Å². The largest absolute Gasteiger partial charge is 0.496 e. The minimum atomic E-state index is -0.533. The van der Waals surface area contributed by atoms with Gasteiger partial charge in [-0.05, 0) is 30.4 Å². The number of carbonyl (C=O) groups is 1. The van der Waals surface area contributed by atoms with Crippen molar-refractivity contribution in [3.05, 3.63) is 30.3 Å². The van der Waals surface area contributed by atoms with E-state index in [9.17, 15) is 4.79 Å². The molecule has 0 aliphatic rings. The lowest BCUT2D eigenvalue weighted by atomic mass is 10.0. The zero-order valence-corrected chi connectivity index (χ0v) is 14.6. The number of aryl methyl sites for hydroxylation is 1. The van der Waals surface area contributed by atoms with Crippen LogP contribution in [0.3, 0.4) is 0 Å². The highest BCUT2D eigenvalue weighted by atomic mass is 16.5. The second-order valence-corrected chi connectivity index (χ2v) is 6.15. The number of nitrogens with two attached hydrogens (primary N) is 1. The van der Waals surface area contributed by atoms with Crippen molar-refractivity contribution in [2.75, 3.05) is 12.4 Å². The summed E-state index contributed by atoms with van der Waals surface area (Å²) in [6.45, 7) is 6.11. The summed E-state index contributed by atoms with van der Waals surface area (Å²) in [5.41, 5.74) is 8.46. The second-order valence-electron chi connectivity index (χ2n) is 6.15. The molecule has 130 valence electrons. The topological polar surface area (TPSA) is 90.4 Å². The van der Waals surface area contributed by atoms with Gasteiger partial charge in [0.05, 0.1) is 24.9 Å². The maximum Gasteiger partial charge on any atom is 0.241 e. The SMILES string of the molecule is CCc1cc(-c2cnco2)c(OC)cc1NC(=O)C(N)CC(C)C. The fraction of sp³-hybridized carbons (Fsp3) is 0.444. The van der Waals surface area contributed by atoms with Crippen molar-refractivity contribution in [3.8, 4) is 17.1 Å². The molecule has 24 heavy (non-hydrogen) atoms. The first-order valence-corrected chi connectivity index (χ1v) is 8.12. The molecule has 0 fully saturated rings. The summed E-state index contributed by atoms with van der Waals surface area (Å²) in [6, 6.07) is 3.22. The normalized spacial score (nSPS) is 12.2. The zero-order valence-electron chi connectivity index (χ0n) is 14.6. The molecule has 3 N–H and O–H groups in total. The van der Waals surface area contributed by atoms with E-state index in [1.165, 1.54) is 6.39 Å². The average molecular weight is 331 g/mol. The molecule has 1 atom stereocenters. The number of methoxy groups -OCH3 is 1. The number of hydrogen-bond donors (Lipinski definition) is 2. The Morgan fingerprint density at radius 3 is 2.71 bits per heavy atom. The second kappa shape index (κ2) is 7.97. The Morgan fingerprint density at radius 1 is 1.42 bits per heavy atom. The molecule has 0 saturated heterocycles. The van der Waals surface area contributed by atoms with Gasteiger partial charge in [0.25, 0.3) is 0 Å². The number of aromatic nitrogens is 1. The number of nitrogens with one attached hydrogen (secondary N) is 1. The van der Waals surface area contributed by atoms with Crippen LogP contribution in [-0.2, 0) is 11.2 Å². The molecule has 0 aliphatic heterocycles. The maximum absolute atomic E-state index is 12.3. The van der Waals surface area contributed by atoms with Crippen LogP contribution in [0.5, 0.6) is 5.75 Å². The number of hydrogen-bond acceptors (Lipinski definition) is 5. The van der Waals surface area contributed by atoms with Crippen molar-refractivity contribution in [1.82, 2.24) is 4.98 Å². The molecule has 0 saturated carbocycles. The first-order valence-electron chi connectivity index (χ1n) is 8.12. The lowest BCUT2D eigenvalue weighted by molar-refractivity contribution is -0.117. The van der Waals surface area contributed by atoms with Gasteiger partial charge in [0.1, 0.15) is 5.75 Å². The van der Waals surface area contributed by atoms with Crippen molar-refractivity contribution in [2.45, 2.75) is 39.7 Å². The number of anilines is 1. The van der Waals surface area contributed by atoms with Crippen LogP contribution in [-0.4, -0.2) is 24.0 Å². The van der Waals surface area contributed by atoms with Crippen LogP contribution in [0.2, 0.25) is 0 Å². The first-order chi connectivity index (χ1) is 11.5. The van der Waals surface area contributed by atoms with Gasteiger partial charge in [0.2, 0.25) is 5.91 Å². The quantitative estimate of drug-likeness (QED) is 0.813. The fourth-order valence-corrected chi connectivity index (χ4v) is 2.58. The van der Waals surface area contributed by atoms with Crippen molar-refractivity contribution in [2.24, 2.45) is 11.7 Å². The van der Waals surface area contributed by atoms with Gasteiger partial charge >= 0.3 is 0 Å². The summed E-state index contributed by atoms with van der Waals surface area (Å²) in [5, 5.41) is 2.92. The van der Waals surface area contributed by atoms with E-state index in [0.29, 0.717) is 29.5 Å². The van der Waals surface area contributed by atoms with E-state index in [4.69, 9.17) is 14.9 Å². The van der Waals surface area contributed by atoms with Crippen LogP contribution < -0.4 is 15.8 Å². The number of ether oxygens (including phenoxy) is 1. The summed E-state index contributed by atoms with van der Waals surface area (Å²) < 4.78 is 10.8. The Kier molecular flexibility index (Phi) is 5.98. The molecule has 1 aromatic carbocycles. The molecule has 0 radical (unpaired) electrons. The lowest BCUT2D eigenvalue weighted by Gasteiger charge is -2.18. The van der Waals surface area contributed by atoms with Gasteiger partial charge in [-0.2, -0.15) is 0 Å². The van der Waals surface area contributed by atoms with E-state index in [1.54, 1.807) is 19.4 Å². The predicted molar refractivity (Wildman–Crippen MR) is 93.9 cm³/mol.